The third-order valence-electron chi connectivity index (χ3n) is 2.16. The number of rotatable bonds is 4. The SMILES string of the molecule is CC(O)CN(C)c1ccccc1CN. The number of benzene rings is 1. The third-order valence-corrected chi connectivity index (χ3v) is 2.16. The molecule has 3 nitrogen and oxygen atoms in total. The van der Waals surface area contributed by atoms with E-state index in [1.54, 1.807) is 6.92 Å². The van der Waals surface area contributed by atoms with E-state index in [1.807, 2.05) is 36.2 Å². The zero-order chi connectivity index (χ0) is 10.6. The minimum atomic E-state index is -0.328. The molecule has 0 saturated heterocycles. The second kappa shape index (κ2) is 4.98. The lowest BCUT2D eigenvalue weighted by atomic mass is 10.1. The Balaban J connectivity index is 2.82. The van der Waals surface area contributed by atoms with Crippen molar-refractivity contribution >= 4 is 5.69 Å². The molecule has 0 spiro atoms. The predicted octanol–water partition coefficient (Wildman–Crippen LogP) is 0.962. The van der Waals surface area contributed by atoms with Crippen LogP contribution in [-0.2, 0) is 6.54 Å². The van der Waals surface area contributed by atoms with Crippen molar-refractivity contribution in [1.82, 2.24) is 0 Å². The maximum atomic E-state index is 9.27. The topological polar surface area (TPSA) is 49.5 Å². The van der Waals surface area contributed by atoms with E-state index in [0.29, 0.717) is 13.1 Å². The molecule has 0 heterocycles. The average Bonchev–Trinajstić information content (AvgIpc) is 2.16. The van der Waals surface area contributed by atoms with Crippen LogP contribution in [0.3, 0.4) is 0 Å². The number of hydrogen-bond acceptors (Lipinski definition) is 3. The zero-order valence-electron chi connectivity index (χ0n) is 8.77. The Bertz CT molecular complexity index is 286. The van der Waals surface area contributed by atoms with Crippen molar-refractivity contribution in [2.75, 3.05) is 18.5 Å². The Hall–Kier alpha value is -1.06. The molecule has 0 fully saturated rings. The first kappa shape index (κ1) is 11.0. The number of nitrogens with zero attached hydrogens (tertiary/aromatic N) is 1. The smallest absolute Gasteiger partial charge is 0.0686 e. The lowest BCUT2D eigenvalue weighted by molar-refractivity contribution is 0.201. The predicted molar refractivity (Wildman–Crippen MR) is 59.3 cm³/mol. The van der Waals surface area contributed by atoms with Gasteiger partial charge < -0.3 is 15.7 Å². The maximum absolute atomic E-state index is 9.27. The van der Waals surface area contributed by atoms with Gasteiger partial charge in [0.05, 0.1) is 6.10 Å². The molecule has 3 heteroatoms. The van der Waals surface area contributed by atoms with Gasteiger partial charge in [0.1, 0.15) is 0 Å². The van der Waals surface area contributed by atoms with E-state index in [1.165, 1.54) is 0 Å². The largest absolute Gasteiger partial charge is 0.392 e. The molecule has 1 aromatic carbocycles. The van der Waals surface area contributed by atoms with Gasteiger partial charge in [-0.1, -0.05) is 18.2 Å². The van der Waals surface area contributed by atoms with Gasteiger partial charge in [-0.3, -0.25) is 0 Å². The summed E-state index contributed by atoms with van der Waals surface area (Å²) in [5.74, 6) is 0. The van der Waals surface area contributed by atoms with Gasteiger partial charge >= 0.3 is 0 Å². The van der Waals surface area contributed by atoms with Crippen LogP contribution in [-0.4, -0.2) is 24.8 Å². The third kappa shape index (κ3) is 2.72. The summed E-state index contributed by atoms with van der Waals surface area (Å²) in [6.45, 7) is 2.93. The van der Waals surface area contributed by atoms with E-state index in [2.05, 4.69) is 0 Å². The summed E-state index contributed by atoms with van der Waals surface area (Å²) in [5.41, 5.74) is 7.83. The summed E-state index contributed by atoms with van der Waals surface area (Å²) in [7, 11) is 1.96. The van der Waals surface area contributed by atoms with Crippen LogP contribution in [0.25, 0.3) is 0 Å². The Kier molecular flexibility index (Phi) is 3.92. The average molecular weight is 194 g/mol. The molecule has 1 rings (SSSR count). The first-order valence-corrected chi connectivity index (χ1v) is 4.82. The van der Waals surface area contributed by atoms with Crippen LogP contribution < -0.4 is 10.6 Å². The van der Waals surface area contributed by atoms with E-state index in [-0.39, 0.29) is 6.10 Å². The molecule has 3 N–H and O–H groups in total. The van der Waals surface area contributed by atoms with E-state index < -0.39 is 0 Å². The van der Waals surface area contributed by atoms with Crippen LogP contribution in [0.2, 0.25) is 0 Å². The lowest BCUT2D eigenvalue weighted by Crippen LogP contribution is -2.27. The maximum Gasteiger partial charge on any atom is 0.0686 e. The molecule has 14 heavy (non-hydrogen) atoms. The molecule has 0 aliphatic rings. The molecular weight excluding hydrogens is 176 g/mol. The minimum absolute atomic E-state index is 0.328. The van der Waals surface area contributed by atoms with Crippen LogP contribution >= 0.6 is 0 Å². The Morgan fingerprint density at radius 1 is 1.43 bits per heavy atom. The van der Waals surface area contributed by atoms with E-state index in [0.717, 1.165) is 11.3 Å². The van der Waals surface area contributed by atoms with Crippen molar-refractivity contribution in [2.45, 2.75) is 19.6 Å². The van der Waals surface area contributed by atoms with Crippen LogP contribution in [0.4, 0.5) is 5.69 Å². The van der Waals surface area contributed by atoms with E-state index in [9.17, 15) is 5.11 Å². The number of anilines is 1. The van der Waals surface area contributed by atoms with Crippen LogP contribution in [0, 0.1) is 0 Å². The Morgan fingerprint density at radius 2 is 2.07 bits per heavy atom. The van der Waals surface area contributed by atoms with Crippen LogP contribution in [0.1, 0.15) is 12.5 Å². The number of aliphatic hydroxyl groups is 1. The lowest BCUT2D eigenvalue weighted by Gasteiger charge is -2.23. The highest BCUT2D eigenvalue weighted by Gasteiger charge is 2.07. The van der Waals surface area contributed by atoms with Crippen LogP contribution in [0.5, 0.6) is 0 Å². The van der Waals surface area contributed by atoms with Crippen LogP contribution in [0.15, 0.2) is 24.3 Å². The number of nitrogens with two attached hydrogens (primary N) is 1. The van der Waals surface area contributed by atoms with Gasteiger partial charge in [-0.25, -0.2) is 0 Å². The van der Waals surface area contributed by atoms with Crippen molar-refractivity contribution in [3.63, 3.8) is 0 Å². The van der Waals surface area contributed by atoms with Crippen molar-refractivity contribution in [3.8, 4) is 0 Å². The molecule has 0 bridgehead atoms. The van der Waals surface area contributed by atoms with E-state index in [4.69, 9.17) is 5.73 Å². The van der Waals surface area contributed by atoms with Gasteiger partial charge in [0.25, 0.3) is 0 Å². The van der Waals surface area contributed by atoms with Crippen molar-refractivity contribution in [3.05, 3.63) is 29.8 Å². The van der Waals surface area contributed by atoms with Gasteiger partial charge in [0, 0.05) is 25.8 Å². The highest BCUT2D eigenvalue weighted by atomic mass is 16.3. The second-order valence-corrected chi connectivity index (χ2v) is 3.56. The van der Waals surface area contributed by atoms with Gasteiger partial charge in [-0.05, 0) is 18.6 Å². The Labute approximate surface area is 85.2 Å². The zero-order valence-corrected chi connectivity index (χ0v) is 8.77. The monoisotopic (exact) mass is 194 g/mol. The second-order valence-electron chi connectivity index (χ2n) is 3.56. The molecule has 0 aliphatic heterocycles. The summed E-state index contributed by atoms with van der Waals surface area (Å²) < 4.78 is 0. The van der Waals surface area contributed by atoms with Gasteiger partial charge in [-0.2, -0.15) is 0 Å². The Morgan fingerprint density at radius 3 is 2.64 bits per heavy atom. The molecule has 0 aliphatic carbocycles. The summed E-state index contributed by atoms with van der Waals surface area (Å²) in [6.07, 6.45) is -0.328. The van der Waals surface area contributed by atoms with Crippen molar-refractivity contribution < 1.29 is 5.11 Å². The quantitative estimate of drug-likeness (QED) is 0.750. The fourth-order valence-electron chi connectivity index (χ4n) is 1.55. The summed E-state index contributed by atoms with van der Waals surface area (Å²) in [5, 5.41) is 9.27. The molecular formula is C11H18N2O. The fourth-order valence-corrected chi connectivity index (χ4v) is 1.55. The fraction of sp³-hybridized carbons (Fsp3) is 0.455. The van der Waals surface area contributed by atoms with Crippen molar-refractivity contribution in [1.29, 1.82) is 0 Å². The van der Waals surface area contributed by atoms with E-state index >= 15 is 0 Å². The molecule has 1 unspecified atom stereocenters. The molecule has 0 saturated carbocycles. The van der Waals surface area contributed by atoms with Gasteiger partial charge in [-0.15, -0.1) is 0 Å². The molecule has 0 aromatic heterocycles. The first-order valence-electron chi connectivity index (χ1n) is 4.82. The molecule has 1 aromatic rings. The first-order chi connectivity index (χ1) is 6.65. The molecule has 0 amide bonds. The van der Waals surface area contributed by atoms with Crippen molar-refractivity contribution in [2.24, 2.45) is 5.73 Å². The highest BCUT2D eigenvalue weighted by molar-refractivity contribution is 5.52. The van der Waals surface area contributed by atoms with Gasteiger partial charge in [0.15, 0.2) is 0 Å². The molecule has 78 valence electrons. The number of likely N-dealkylation sites (N-methyl/N-ethyl adjacent to an activating group) is 1. The normalized spacial score (nSPS) is 12.6. The molecule has 1 atom stereocenters. The standard InChI is InChI=1S/C11H18N2O/c1-9(14)8-13(2)11-6-4-3-5-10(11)7-12/h3-6,9,14H,7-8,12H2,1-2H3. The highest BCUT2D eigenvalue weighted by Crippen LogP contribution is 2.18. The summed E-state index contributed by atoms with van der Waals surface area (Å²) >= 11 is 0. The molecule has 0 radical (unpaired) electrons. The number of hydrogen-bond donors (Lipinski definition) is 2. The van der Waals surface area contributed by atoms with Gasteiger partial charge in [0.2, 0.25) is 0 Å². The summed E-state index contributed by atoms with van der Waals surface area (Å²) in [6, 6.07) is 7.98. The minimum Gasteiger partial charge on any atom is -0.392 e. The summed E-state index contributed by atoms with van der Waals surface area (Å²) in [4.78, 5) is 2.02. The number of aliphatic hydroxyl groups excluding tert-OH is 1. The number of para-hydroxylation sites is 1.